The summed E-state index contributed by atoms with van der Waals surface area (Å²) in [5.74, 6) is 1.79. The van der Waals surface area contributed by atoms with Crippen LogP contribution in [0, 0.1) is 12.8 Å². The Kier molecular flexibility index (Phi) is 6.03. The van der Waals surface area contributed by atoms with Gasteiger partial charge in [0, 0.05) is 18.3 Å². The molecule has 1 aromatic rings. The second kappa shape index (κ2) is 8.01. The predicted molar refractivity (Wildman–Crippen MR) is 88.3 cm³/mol. The summed E-state index contributed by atoms with van der Waals surface area (Å²) in [5, 5.41) is 6.91. The lowest BCUT2D eigenvalue weighted by atomic mass is 9.87. The first kappa shape index (κ1) is 15.8. The number of aromatic nitrogens is 1. The number of nitrogens with zero attached hydrogens (tertiary/aromatic N) is 2. The second-order valence-corrected chi connectivity index (χ2v) is 6.07. The largest absolute Gasteiger partial charge is 0.357 e. The van der Waals surface area contributed by atoms with Crippen LogP contribution in [0.4, 0.5) is 0 Å². The zero-order valence-corrected chi connectivity index (χ0v) is 13.5. The van der Waals surface area contributed by atoms with Crippen molar-refractivity contribution in [2.24, 2.45) is 10.9 Å². The quantitative estimate of drug-likeness (QED) is 0.661. The molecule has 1 heterocycles. The van der Waals surface area contributed by atoms with Crippen LogP contribution in [0.5, 0.6) is 0 Å². The second-order valence-electron chi connectivity index (χ2n) is 6.07. The van der Waals surface area contributed by atoms with Crippen LogP contribution in [0.2, 0.25) is 0 Å². The van der Waals surface area contributed by atoms with Gasteiger partial charge in [-0.1, -0.05) is 13.0 Å². The van der Waals surface area contributed by atoms with Crippen molar-refractivity contribution in [3.05, 3.63) is 29.6 Å². The average Bonchev–Trinajstić information content (AvgIpc) is 2.47. The van der Waals surface area contributed by atoms with Crippen molar-refractivity contribution < 1.29 is 0 Å². The lowest BCUT2D eigenvalue weighted by molar-refractivity contribution is 0.329. The molecule has 0 saturated heterocycles. The van der Waals surface area contributed by atoms with Crippen LogP contribution in [-0.4, -0.2) is 23.5 Å². The average molecular weight is 288 g/mol. The van der Waals surface area contributed by atoms with E-state index in [-0.39, 0.29) is 0 Å². The monoisotopic (exact) mass is 288 g/mol. The Morgan fingerprint density at radius 1 is 1.29 bits per heavy atom. The van der Waals surface area contributed by atoms with E-state index >= 15 is 0 Å². The number of hydrogen-bond acceptors (Lipinski definition) is 2. The molecule has 1 aliphatic carbocycles. The smallest absolute Gasteiger partial charge is 0.191 e. The van der Waals surface area contributed by atoms with E-state index in [0.717, 1.165) is 29.8 Å². The third kappa shape index (κ3) is 5.37. The number of guanidine groups is 1. The minimum Gasteiger partial charge on any atom is -0.357 e. The molecule has 0 unspecified atom stereocenters. The van der Waals surface area contributed by atoms with E-state index in [2.05, 4.69) is 34.5 Å². The molecule has 0 amide bonds. The number of nitrogens with one attached hydrogen (secondary N) is 2. The summed E-state index contributed by atoms with van der Waals surface area (Å²) in [4.78, 5) is 9.17. The molecule has 4 heteroatoms. The minimum atomic E-state index is 0.560. The molecule has 0 bridgehead atoms. The molecule has 1 aromatic heterocycles. The molecule has 0 aromatic carbocycles. The molecular formula is C17H28N4. The Bertz CT molecular complexity index is 462. The summed E-state index contributed by atoms with van der Waals surface area (Å²) in [6, 6.07) is 6.64. The first-order valence-electron chi connectivity index (χ1n) is 8.14. The third-order valence-electron chi connectivity index (χ3n) is 4.05. The van der Waals surface area contributed by atoms with Crippen molar-refractivity contribution >= 4 is 5.96 Å². The Balaban J connectivity index is 1.92. The number of rotatable bonds is 4. The van der Waals surface area contributed by atoms with Crippen molar-refractivity contribution in [3.8, 4) is 0 Å². The molecule has 0 atom stereocenters. The van der Waals surface area contributed by atoms with E-state index in [0.29, 0.717) is 12.6 Å². The van der Waals surface area contributed by atoms with Gasteiger partial charge in [-0.3, -0.25) is 4.98 Å². The molecule has 0 spiro atoms. The Labute approximate surface area is 128 Å². The lowest BCUT2D eigenvalue weighted by Crippen LogP contribution is -2.44. The van der Waals surface area contributed by atoms with Crippen LogP contribution in [0.1, 0.15) is 50.9 Å². The van der Waals surface area contributed by atoms with Crippen LogP contribution >= 0.6 is 0 Å². The number of aliphatic imine (C=N–C) groups is 1. The summed E-state index contributed by atoms with van der Waals surface area (Å²) >= 11 is 0. The summed E-state index contributed by atoms with van der Waals surface area (Å²) in [6.45, 7) is 7.97. The number of hydrogen-bond donors (Lipinski definition) is 2. The van der Waals surface area contributed by atoms with Crippen LogP contribution in [-0.2, 0) is 6.54 Å². The fraction of sp³-hybridized carbons (Fsp3) is 0.647. The van der Waals surface area contributed by atoms with Gasteiger partial charge in [0.25, 0.3) is 0 Å². The summed E-state index contributed by atoms with van der Waals surface area (Å²) in [7, 11) is 0. The number of pyridine rings is 1. The van der Waals surface area contributed by atoms with E-state index in [1.807, 2.05) is 25.1 Å². The van der Waals surface area contributed by atoms with Gasteiger partial charge in [0.2, 0.25) is 0 Å². The third-order valence-corrected chi connectivity index (χ3v) is 4.05. The maximum absolute atomic E-state index is 4.67. The summed E-state index contributed by atoms with van der Waals surface area (Å²) in [6.07, 6.45) is 5.12. The van der Waals surface area contributed by atoms with Crippen molar-refractivity contribution in [2.45, 2.75) is 59.0 Å². The van der Waals surface area contributed by atoms with Gasteiger partial charge in [0.1, 0.15) is 0 Å². The molecular weight excluding hydrogens is 260 g/mol. The normalized spacial score (nSPS) is 22.9. The molecule has 1 saturated carbocycles. The van der Waals surface area contributed by atoms with Crippen LogP contribution in [0.25, 0.3) is 0 Å². The maximum atomic E-state index is 4.67. The zero-order chi connectivity index (χ0) is 15.1. The van der Waals surface area contributed by atoms with Gasteiger partial charge in [-0.2, -0.15) is 0 Å². The van der Waals surface area contributed by atoms with Crippen molar-refractivity contribution in [2.75, 3.05) is 6.54 Å². The van der Waals surface area contributed by atoms with Crippen molar-refractivity contribution in [1.29, 1.82) is 0 Å². The molecule has 1 fully saturated rings. The van der Waals surface area contributed by atoms with Crippen LogP contribution in [0.3, 0.4) is 0 Å². The highest BCUT2D eigenvalue weighted by atomic mass is 15.2. The Morgan fingerprint density at radius 3 is 2.71 bits per heavy atom. The molecule has 2 rings (SSSR count). The van der Waals surface area contributed by atoms with Crippen LogP contribution < -0.4 is 10.6 Å². The molecule has 4 nitrogen and oxygen atoms in total. The first-order chi connectivity index (χ1) is 10.2. The number of aryl methyl sites for hydroxylation is 1. The summed E-state index contributed by atoms with van der Waals surface area (Å²) in [5.41, 5.74) is 2.06. The standard InChI is InChI=1S/C17H28N4/c1-4-18-17(21-15-10-8-13(2)9-11-15)19-12-16-7-5-6-14(3)20-16/h5-7,13,15H,4,8-12H2,1-3H3,(H2,18,19,21). The fourth-order valence-electron chi connectivity index (χ4n) is 2.77. The lowest BCUT2D eigenvalue weighted by Gasteiger charge is -2.28. The molecule has 1 aliphatic rings. The molecule has 21 heavy (non-hydrogen) atoms. The van der Waals surface area contributed by atoms with Crippen molar-refractivity contribution in [1.82, 2.24) is 15.6 Å². The highest BCUT2D eigenvalue weighted by molar-refractivity contribution is 5.80. The van der Waals surface area contributed by atoms with Gasteiger partial charge >= 0.3 is 0 Å². The van der Waals surface area contributed by atoms with E-state index in [4.69, 9.17) is 0 Å². The predicted octanol–water partition coefficient (Wildman–Crippen LogP) is 3.02. The summed E-state index contributed by atoms with van der Waals surface area (Å²) < 4.78 is 0. The van der Waals surface area contributed by atoms with Gasteiger partial charge in [0.05, 0.1) is 12.2 Å². The highest BCUT2D eigenvalue weighted by Gasteiger charge is 2.18. The molecule has 2 N–H and O–H groups in total. The van der Waals surface area contributed by atoms with Gasteiger partial charge in [0.15, 0.2) is 5.96 Å². The SMILES string of the molecule is CCNC(=NCc1cccc(C)n1)NC1CCC(C)CC1. The van der Waals surface area contributed by atoms with Gasteiger partial charge in [-0.25, -0.2) is 4.99 Å². The van der Waals surface area contributed by atoms with Crippen molar-refractivity contribution in [3.63, 3.8) is 0 Å². The van der Waals surface area contributed by atoms with Gasteiger partial charge < -0.3 is 10.6 Å². The molecule has 0 radical (unpaired) electrons. The van der Waals surface area contributed by atoms with E-state index in [9.17, 15) is 0 Å². The Morgan fingerprint density at radius 2 is 2.05 bits per heavy atom. The topological polar surface area (TPSA) is 49.3 Å². The molecule has 0 aliphatic heterocycles. The first-order valence-corrected chi connectivity index (χ1v) is 8.14. The maximum Gasteiger partial charge on any atom is 0.191 e. The van der Waals surface area contributed by atoms with E-state index in [1.165, 1.54) is 25.7 Å². The highest BCUT2D eigenvalue weighted by Crippen LogP contribution is 2.23. The van der Waals surface area contributed by atoms with Crippen LogP contribution in [0.15, 0.2) is 23.2 Å². The van der Waals surface area contributed by atoms with Gasteiger partial charge in [-0.15, -0.1) is 0 Å². The van der Waals surface area contributed by atoms with E-state index < -0.39 is 0 Å². The zero-order valence-electron chi connectivity index (χ0n) is 13.5. The molecule has 116 valence electrons. The fourth-order valence-corrected chi connectivity index (χ4v) is 2.77. The Hall–Kier alpha value is -1.58. The van der Waals surface area contributed by atoms with E-state index in [1.54, 1.807) is 0 Å². The minimum absolute atomic E-state index is 0.560. The van der Waals surface area contributed by atoms with Gasteiger partial charge in [-0.05, 0) is 57.6 Å².